The summed E-state index contributed by atoms with van der Waals surface area (Å²) in [5.41, 5.74) is 0. The molecule has 2 atom stereocenters. The molecule has 0 rings (SSSR count). The van der Waals surface area contributed by atoms with Crippen molar-refractivity contribution in [1.29, 1.82) is 0 Å². The minimum atomic E-state index is -0.102. The molecule has 0 bridgehead atoms. The van der Waals surface area contributed by atoms with Crippen LogP contribution in [0.1, 0.15) is 33.6 Å². The average Bonchev–Trinajstić information content (AvgIpc) is 2.21. The molecule has 1 amide bonds. The summed E-state index contributed by atoms with van der Waals surface area (Å²) < 4.78 is 0. The lowest BCUT2D eigenvalue weighted by Crippen LogP contribution is -2.49. The monoisotopic (exact) mass is 212 g/mol. The van der Waals surface area contributed by atoms with Crippen LogP contribution in [-0.2, 0) is 4.79 Å². The highest BCUT2D eigenvalue weighted by molar-refractivity contribution is 5.81. The smallest absolute Gasteiger partial charge is 0.237 e. The van der Waals surface area contributed by atoms with Gasteiger partial charge in [-0.1, -0.05) is 19.9 Å². The summed E-state index contributed by atoms with van der Waals surface area (Å²) in [6, 6.07) is 0.238. The van der Waals surface area contributed by atoms with Crippen molar-refractivity contribution in [2.24, 2.45) is 5.92 Å². The van der Waals surface area contributed by atoms with Gasteiger partial charge in [-0.2, -0.15) is 0 Å². The Morgan fingerprint density at radius 1 is 1.40 bits per heavy atom. The van der Waals surface area contributed by atoms with E-state index in [4.69, 9.17) is 0 Å². The third kappa shape index (κ3) is 5.57. The molecule has 0 aliphatic carbocycles. The molecule has 0 aromatic rings. The number of hydrogen-bond donors (Lipinski definition) is 2. The van der Waals surface area contributed by atoms with Crippen molar-refractivity contribution in [3.05, 3.63) is 12.7 Å². The number of hydrogen-bond acceptors (Lipinski definition) is 2. The number of carbonyl (C=O) groups excluding carboxylic acids is 1. The number of likely N-dealkylation sites (N-methyl/N-ethyl adjacent to an activating group) is 1. The summed E-state index contributed by atoms with van der Waals surface area (Å²) in [6.07, 6.45) is 3.90. The van der Waals surface area contributed by atoms with Crippen LogP contribution in [0.15, 0.2) is 12.7 Å². The fourth-order valence-electron chi connectivity index (χ4n) is 1.48. The molecule has 2 N–H and O–H groups in total. The van der Waals surface area contributed by atoms with E-state index in [0.717, 1.165) is 12.8 Å². The summed E-state index contributed by atoms with van der Waals surface area (Å²) in [4.78, 5) is 11.6. The van der Waals surface area contributed by atoms with Gasteiger partial charge in [0.15, 0.2) is 0 Å². The Hall–Kier alpha value is -0.830. The molecule has 2 unspecified atom stereocenters. The maximum Gasteiger partial charge on any atom is 0.237 e. The number of rotatable bonds is 7. The molecule has 0 radical (unpaired) electrons. The van der Waals surface area contributed by atoms with Crippen molar-refractivity contribution in [3.8, 4) is 0 Å². The Balaban J connectivity index is 4.15. The Kier molecular flexibility index (Phi) is 7.05. The van der Waals surface area contributed by atoms with Crippen LogP contribution in [0.4, 0.5) is 0 Å². The molecule has 88 valence electrons. The molecular formula is C12H24N2O. The van der Waals surface area contributed by atoms with E-state index >= 15 is 0 Å². The maximum absolute atomic E-state index is 11.6. The quantitative estimate of drug-likeness (QED) is 0.631. The second kappa shape index (κ2) is 7.46. The van der Waals surface area contributed by atoms with Gasteiger partial charge in [-0.15, -0.1) is 6.58 Å². The van der Waals surface area contributed by atoms with Gasteiger partial charge in [-0.05, 0) is 25.7 Å². The Morgan fingerprint density at radius 2 is 2.00 bits per heavy atom. The lowest BCUT2D eigenvalue weighted by Gasteiger charge is -2.24. The molecule has 3 heteroatoms. The predicted molar refractivity (Wildman–Crippen MR) is 64.7 cm³/mol. The lowest BCUT2D eigenvalue weighted by atomic mass is 10.0. The van der Waals surface area contributed by atoms with E-state index in [1.165, 1.54) is 0 Å². The highest BCUT2D eigenvalue weighted by Gasteiger charge is 2.21. The van der Waals surface area contributed by atoms with Crippen molar-refractivity contribution >= 4 is 5.91 Å². The summed E-state index contributed by atoms with van der Waals surface area (Å²) in [5.74, 6) is 0.367. The van der Waals surface area contributed by atoms with E-state index in [2.05, 4.69) is 24.1 Å². The first-order valence-electron chi connectivity index (χ1n) is 5.61. The van der Waals surface area contributed by atoms with Crippen LogP contribution in [0, 0.1) is 5.92 Å². The van der Waals surface area contributed by atoms with Crippen molar-refractivity contribution < 1.29 is 4.79 Å². The fraction of sp³-hybridized carbons (Fsp3) is 0.750. The van der Waals surface area contributed by atoms with Crippen LogP contribution in [-0.4, -0.2) is 25.0 Å². The molecule has 0 aliphatic heterocycles. The van der Waals surface area contributed by atoms with Crippen LogP contribution in [0.2, 0.25) is 0 Å². The summed E-state index contributed by atoms with van der Waals surface area (Å²) in [5, 5.41) is 6.03. The van der Waals surface area contributed by atoms with Gasteiger partial charge in [0.05, 0.1) is 6.04 Å². The third-order valence-corrected chi connectivity index (χ3v) is 2.46. The summed E-state index contributed by atoms with van der Waals surface area (Å²) in [7, 11) is 1.67. The second-order valence-electron chi connectivity index (χ2n) is 4.27. The zero-order chi connectivity index (χ0) is 11.8. The minimum absolute atomic E-state index is 0.0652. The first-order chi connectivity index (χ1) is 7.02. The van der Waals surface area contributed by atoms with Crippen molar-refractivity contribution in [3.63, 3.8) is 0 Å². The van der Waals surface area contributed by atoms with E-state index in [-0.39, 0.29) is 11.9 Å². The van der Waals surface area contributed by atoms with Gasteiger partial charge in [0.25, 0.3) is 0 Å². The molecule has 0 aromatic heterocycles. The summed E-state index contributed by atoms with van der Waals surface area (Å²) >= 11 is 0. The molecule has 15 heavy (non-hydrogen) atoms. The van der Waals surface area contributed by atoms with E-state index < -0.39 is 0 Å². The van der Waals surface area contributed by atoms with Crippen LogP contribution >= 0.6 is 0 Å². The standard InChI is InChI=1S/C12H24N2O/c1-6-7-8-10(4)14-11(9(2)3)12(15)13-5/h6,9-11,14H,1,7-8H2,2-5H3,(H,13,15). The van der Waals surface area contributed by atoms with Crippen LogP contribution < -0.4 is 10.6 Å². The SMILES string of the molecule is C=CCCC(C)NC(C(=O)NC)C(C)C. The third-order valence-electron chi connectivity index (χ3n) is 2.46. The maximum atomic E-state index is 11.6. The van der Waals surface area contributed by atoms with Gasteiger partial charge in [0, 0.05) is 13.1 Å². The second-order valence-corrected chi connectivity index (χ2v) is 4.27. The zero-order valence-electron chi connectivity index (χ0n) is 10.3. The van der Waals surface area contributed by atoms with E-state index in [9.17, 15) is 4.79 Å². The molecule has 0 aromatic carbocycles. The van der Waals surface area contributed by atoms with Gasteiger partial charge < -0.3 is 10.6 Å². The Labute approximate surface area is 93.3 Å². The first kappa shape index (κ1) is 14.2. The predicted octanol–water partition coefficient (Wildman–Crippen LogP) is 1.70. The molecule has 0 spiro atoms. The highest BCUT2D eigenvalue weighted by atomic mass is 16.2. The minimum Gasteiger partial charge on any atom is -0.358 e. The molecular weight excluding hydrogens is 188 g/mol. The normalized spacial score (nSPS) is 14.7. The zero-order valence-corrected chi connectivity index (χ0v) is 10.3. The van der Waals surface area contributed by atoms with E-state index in [1.807, 2.05) is 19.9 Å². The molecule has 0 fully saturated rings. The fourth-order valence-corrected chi connectivity index (χ4v) is 1.48. The Morgan fingerprint density at radius 3 is 2.40 bits per heavy atom. The topological polar surface area (TPSA) is 41.1 Å². The van der Waals surface area contributed by atoms with Crippen molar-refractivity contribution in [2.75, 3.05) is 7.05 Å². The molecule has 0 saturated carbocycles. The molecule has 3 nitrogen and oxygen atoms in total. The van der Waals surface area contributed by atoms with Crippen LogP contribution in [0.5, 0.6) is 0 Å². The highest BCUT2D eigenvalue weighted by Crippen LogP contribution is 2.05. The lowest BCUT2D eigenvalue weighted by molar-refractivity contribution is -0.123. The van der Waals surface area contributed by atoms with E-state index in [1.54, 1.807) is 7.05 Å². The largest absolute Gasteiger partial charge is 0.358 e. The van der Waals surface area contributed by atoms with Crippen molar-refractivity contribution in [2.45, 2.75) is 45.7 Å². The van der Waals surface area contributed by atoms with E-state index in [0.29, 0.717) is 12.0 Å². The van der Waals surface area contributed by atoms with Crippen LogP contribution in [0.25, 0.3) is 0 Å². The molecule has 0 heterocycles. The summed E-state index contributed by atoms with van der Waals surface area (Å²) in [6.45, 7) is 9.89. The number of amides is 1. The van der Waals surface area contributed by atoms with Gasteiger partial charge >= 0.3 is 0 Å². The van der Waals surface area contributed by atoms with Gasteiger partial charge in [-0.25, -0.2) is 0 Å². The molecule has 0 saturated heterocycles. The first-order valence-corrected chi connectivity index (χ1v) is 5.61. The van der Waals surface area contributed by atoms with Gasteiger partial charge in [-0.3, -0.25) is 4.79 Å². The van der Waals surface area contributed by atoms with Gasteiger partial charge in [0.1, 0.15) is 0 Å². The van der Waals surface area contributed by atoms with Gasteiger partial charge in [0.2, 0.25) is 5.91 Å². The Bertz CT molecular complexity index is 202. The number of carbonyl (C=O) groups is 1. The number of allylic oxidation sites excluding steroid dienone is 1. The van der Waals surface area contributed by atoms with Crippen LogP contribution in [0.3, 0.4) is 0 Å². The number of nitrogens with one attached hydrogen (secondary N) is 2. The molecule has 0 aliphatic rings. The van der Waals surface area contributed by atoms with Crippen molar-refractivity contribution in [1.82, 2.24) is 10.6 Å². The average molecular weight is 212 g/mol.